The number of methoxy groups -OCH3 is 1. The van der Waals surface area contributed by atoms with Crippen molar-refractivity contribution in [3.63, 3.8) is 0 Å². The first kappa shape index (κ1) is 11.6. The second-order valence-corrected chi connectivity index (χ2v) is 3.28. The molecule has 0 bridgehead atoms. The predicted molar refractivity (Wildman–Crippen MR) is 57.8 cm³/mol. The monoisotopic (exact) mass is 208 g/mol. The molecule has 0 aromatic heterocycles. The maximum atomic E-state index is 10.9. The van der Waals surface area contributed by atoms with Crippen LogP contribution in [0.1, 0.15) is 31.9 Å². The zero-order chi connectivity index (χ0) is 11.3. The Kier molecular flexibility index (Phi) is 4.16. The zero-order valence-corrected chi connectivity index (χ0v) is 9.32. The molecule has 0 aliphatic heterocycles. The first-order chi connectivity index (χ1) is 7.17. The van der Waals surface area contributed by atoms with Gasteiger partial charge >= 0.3 is 5.97 Å². The number of ether oxygens (including phenoxy) is 2. The van der Waals surface area contributed by atoms with E-state index < -0.39 is 0 Å². The third-order valence-corrected chi connectivity index (χ3v) is 2.17. The Labute approximate surface area is 90.0 Å². The highest BCUT2D eigenvalue weighted by molar-refractivity contribution is 5.66. The van der Waals surface area contributed by atoms with Gasteiger partial charge in [-0.05, 0) is 24.1 Å². The highest BCUT2D eigenvalue weighted by atomic mass is 16.5. The molecule has 0 N–H and O–H groups in total. The minimum atomic E-state index is -0.252. The summed E-state index contributed by atoms with van der Waals surface area (Å²) in [4.78, 5) is 10.9. The average Bonchev–Trinajstić information content (AvgIpc) is 2.26. The molecule has 1 rings (SSSR count). The van der Waals surface area contributed by atoms with Crippen LogP contribution in [-0.2, 0) is 9.53 Å². The molecule has 3 heteroatoms. The summed E-state index contributed by atoms with van der Waals surface area (Å²) in [6.45, 7) is 3.41. The highest BCUT2D eigenvalue weighted by Gasteiger charge is 2.11. The lowest BCUT2D eigenvalue weighted by Crippen LogP contribution is -2.07. The molecule has 0 aliphatic rings. The van der Waals surface area contributed by atoms with Gasteiger partial charge in [0.1, 0.15) is 11.9 Å². The third-order valence-electron chi connectivity index (χ3n) is 2.17. The molecule has 0 aliphatic carbocycles. The average molecular weight is 208 g/mol. The molecule has 0 amide bonds. The molecule has 82 valence electrons. The molecule has 1 unspecified atom stereocenters. The van der Waals surface area contributed by atoms with E-state index >= 15 is 0 Å². The van der Waals surface area contributed by atoms with Crippen LogP contribution in [0.15, 0.2) is 24.3 Å². The van der Waals surface area contributed by atoms with Crippen molar-refractivity contribution in [2.24, 2.45) is 0 Å². The van der Waals surface area contributed by atoms with Gasteiger partial charge in [0.15, 0.2) is 0 Å². The summed E-state index contributed by atoms with van der Waals surface area (Å²) in [5.74, 6) is 0.550. The molecule has 1 aromatic carbocycles. The lowest BCUT2D eigenvalue weighted by molar-refractivity contribution is -0.146. The number of carbonyl (C=O) groups excluding carboxylic acids is 1. The summed E-state index contributed by atoms with van der Waals surface area (Å²) in [6, 6.07) is 7.55. The molecule has 1 atom stereocenters. The maximum absolute atomic E-state index is 10.9. The summed E-state index contributed by atoms with van der Waals surface area (Å²) in [7, 11) is 1.62. The predicted octanol–water partition coefficient (Wildman–Crippen LogP) is 2.71. The Morgan fingerprint density at radius 1 is 1.33 bits per heavy atom. The summed E-state index contributed by atoms with van der Waals surface area (Å²) >= 11 is 0. The van der Waals surface area contributed by atoms with E-state index in [0.717, 1.165) is 17.7 Å². The van der Waals surface area contributed by atoms with E-state index in [-0.39, 0.29) is 12.1 Å². The Morgan fingerprint density at radius 3 is 2.33 bits per heavy atom. The van der Waals surface area contributed by atoms with Crippen LogP contribution in [0.4, 0.5) is 0 Å². The Hall–Kier alpha value is -1.51. The van der Waals surface area contributed by atoms with Crippen molar-refractivity contribution in [2.75, 3.05) is 7.11 Å². The first-order valence-electron chi connectivity index (χ1n) is 4.98. The Balaban J connectivity index is 2.78. The summed E-state index contributed by atoms with van der Waals surface area (Å²) in [5.41, 5.74) is 0.994. The van der Waals surface area contributed by atoms with Gasteiger partial charge in [-0.1, -0.05) is 19.1 Å². The van der Waals surface area contributed by atoms with Crippen molar-refractivity contribution in [1.29, 1.82) is 0 Å². The van der Waals surface area contributed by atoms with Crippen molar-refractivity contribution in [2.45, 2.75) is 26.4 Å². The van der Waals surface area contributed by atoms with Gasteiger partial charge in [-0.15, -0.1) is 0 Å². The second kappa shape index (κ2) is 5.39. The molecule has 0 fully saturated rings. The van der Waals surface area contributed by atoms with Crippen LogP contribution in [0, 0.1) is 0 Å². The van der Waals surface area contributed by atoms with Gasteiger partial charge in [0, 0.05) is 6.92 Å². The minimum absolute atomic E-state index is 0.159. The molecular weight excluding hydrogens is 192 g/mol. The van der Waals surface area contributed by atoms with Crippen molar-refractivity contribution in [3.8, 4) is 5.75 Å². The number of esters is 1. The second-order valence-electron chi connectivity index (χ2n) is 3.28. The maximum Gasteiger partial charge on any atom is 0.303 e. The van der Waals surface area contributed by atoms with Gasteiger partial charge in [-0.2, -0.15) is 0 Å². The van der Waals surface area contributed by atoms with Crippen LogP contribution < -0.4 is 4.74 Å². The van der Waals surface area contributed by atoms with Gasteiger partial charge in [0.05, 0.1) is 7.11 Å². The summed E-state index contributed by atoms with van der Waals surface area (Å²) in [6.07, 6.45) is 0.611. The van der Waals surface area contributed by atoms with Crippen molar-refractivity contribution in [3.05, 3.63) is 29.8 Å². The first-order valence-corrected chi connectivity index (χ1v) is 4.98. The van der Waals surface area contributed by atoms with Crippen LogP contribution in [0.25, 0.3) is 0 Å². The van der Waals surface area contributed by atoms with Crippen molar-refractivity contribution < 1.29 is 14.3 Å². The van der Waals surface area contributed by atoms with E-state index in [0.29, 0.717) is 0 Å². The smallest absolute Gasteiger partial charge is 0.303 e. The number of rotatable bonds is 4. The standard InChI is InChI=1S/C12H16O3/c1-4-12(15-9(2)13)10-5-7-11(14-3)8-6-10/h5-8,12H,4H2,1-3H3. The lowest BCUT2D eigenvalue weighted by Gasteiger charge is -2.15. The normalized spacial score (nSPS) is 11.9. The van der Waals surface area contributed by atoms with E-state index in [2.05, 4.69) is 0 Å². The molecule has 0 saturated heterocycles. The number of hydrogen-bond donors (Lipinski definition) is 0. The quantitative estimate of drug-likeness (QED) is 0.714. The fourth-order valence-corrected chi connectivity index (χ4v) is 1.41. The molecular formula is C12H16O3. The third kappa shape index (κ3) is 3.27. The topological polar surface area (TPSA) is 35.5 Å². The summed E-state index contributed by atoms with van der Waals surface area (Å²) < 4.78 is 10.2. The largest absolute Gasteiger partial charge is 0.497 e. The van der Waals surface area contributed by atoms with E-state index in [1.54, 1.807) is 7.11 Å². The van der Waals surface area contributed by atoms with Crippen molar-refractivity contribution >= 4 is 5.97 Å². The molecule has 15 heavy (non-hydrogen) atoms. The van der Waals surface area contributed by atoms with Gasteiger partial charge in [-0.25, -0.2) is 0 Å². The molecule has 0 radical (unpaired) electrons. The van der Waals surface area contributed by atoms with Crippen LogP contribution in [0.3, 0.4) is 0 Å². The number of hydrogen-bond acceptors (Lipinski definition) is 3. The SMILES string of the molecule is CCC(OC(C)=O)c1ccc(OC)cc1. The summed E-state index contributed by atoms with van der Waals surface area (Å²) in [5, 5.41) is 0. The lowest BCUT2D eigenvalue weighted by atomic mass is 10.1. The zero-order valence-electron chi connectivity index (χ0n) is 9.32. The van der Waals surface area contributed by atoms with E-state index in [1.165, 1.54) is 6.92 Å². The van der Waals surface area contributed by atoms with E-state index in [9.17, 15) is 4.79 Å². The minimum Gasteiger partial charge on any atom is -0.497 e. The number of benzene rings is 1. The Morgan fingerprint density at radius 2 is 1.93 bits per heavy atom. The molecule has 3 nitrogen and oxygen atoms in total. The van der Waals surface area contributed by atoms with Gasteiger partial charge < -0.3 is 9.47 Å². The fourth-order valence-electron chi connectivity index (χ4n) is 1.41. The van der Waals surface area contributed by atoms with Crippen LogP contribution >= 0.6 is 0 Å². The fraction of sp³-hybridized carbons (Fsp3) is 0.417. The molecule has 0 heterocycles. The molecule has 0 saturated carbocycles. The van der Waals surface area contributed by atoms with Crippen LogP contribution in [-0.4, -0.2) is 13.1 Å². The van der Waals surface area contributed by atoms with Gasteiger partial charge in [0.25, 0.3) is 0 Å². The van der Waals surface area contributed by atoms with Gasteiger partial charge in [0.2, 0.25) is 0 Å². The van der Waals surface area contributed by atoms with E-state index in [1.807, 2.05) is 31.2 Å². The number of carbonyl (C=O) groups is 1. The molecule has 1 aromatic rings. The van der Waals surface area contributed by atoms with E-state index in [4.69, 9.17) is 9.47 Å². The Bertz CT molecular complexity index is 316. The molecule has 0 spiro atoms. The van der Waals surface area contributed by atoms with Gasteiger partial charge in [-0.3, -0.25) is 4.79 Å². The highest BCUT2D eigenvalue weighted by Crippen LogP contribution is 2.23. The van der Waals surface area contributed by atoms with Crippen LogP contribution in [0.5, 0.6) is 5.75 Å². The van der Waals surface area contributed by atoms with Crippen molar-refractivity contribution in [1.82, 2.24) is 0 Å². The van der Waals surface area contributed by atoms with Crippen LogP contribution in [0.2, 0.25) is 0 Å².